The highest BCUT2D eigenvalue weighted by Crippen LogP contribution is 2.32. The third-order valence-corrected chi connectivity index (χ3v) is 5.49. The van der Waals surface area contributed by atoms with E-state index in [4.69, 9.17) is 4.98 Å². The van der Waals surface area contributed by atoms with E-state index in [-0.39, 0.29) is 5.69 Å². The minimum atomic E-state index is -0.555. The number of anilines is 3. The average molecular weight is 503 g/mol. The predicted molar refractivity (Wildman–Crippen MR) is 144 cm³/mol. The van der Waals surface area contributed by atoms with Gasteiger partial charge in [-0.1, -0.05) is 64.1 Å². The lowest BCUT2D eigenvalue weighted by Crippen LogP contribution is -2.32. The van der Waals surface area contributed by atoms with Crippen molar-refractivity contribution < 1.29 is 9.18 Å². The summed E-state index contributed by atoms with van der Waals surface area (Å²) in [6.45, 7) is 10.2. The first-order valence-electron chi connectivity index (χ1n) is 12.2. The fourth-order valence-electron chi connectivity index (χ4n) is 4.06. The number of amides is 2. The van der Waals surface area contributed by atoms with Crippen LogP contribution in [0.1, 0.15) is 27.7 Å². The van der Waals surface area contributed by atoms with E-state index in [2.05, 4.69) is 63.9 Å². The van der Waals surface area contributed by atoms with Crippen molar-refractivity contribution in [3.63, 3.8) is 0 Å². The highest BCUT2D eigenvalue weighted by molar-refractivity contribution is 6.00. The number of hydrogen-bond acceptors (Lipinski definition) is 6. The van der Waals surface area contributed by atoms with Crippen LogP contribution in [0.2, 0.25) is 0 Å². The minimum absolute atomic E-state index is 0.0962. The average Bonchev–Trinajstić information content (AvgIpc) is 3.39. The number of rotatable bonds is 9. The second-order valence-electron chi connectivity index (χ2n) is 9.65. The number of hydrogen-bond donors (Lipinski definition) is 3. The molecule has 9 nitrogen and oxygen atoms in total. The number of aromatic amines is 1. The number of benzene rings is 2. The zero-order valence-electron chi connectivity index (χ0n) is 21.4. The number of halogens is 1. The maximum atomic E-state index is 14.1. The van der Waals surface area contributed by atoms with Gasteiger partial charge in [-0.25, -0.2) is 19.3 Å². The lowest BCUT2D eigenvalue weighted by atomic mass is 10.0. The van der Waals surface area contributed by atoms with Crippen LogP contribution in [-0.2, 0) is 0 Å². The van der Waals surface area contributed by atoms with Gasteiger partial charge in [-0.3, -0.25) is 0 Å². The Hall–Kier alpha value is -4.34. The van der Waals surface area contributed by atoms with Gasteiger partial charge >= 0.3 is 6.03 Å². The third kappa shape index (κ3) is 6.66. The Labute approximate surface area is 215 Å². The molecule has 4 rings (SSSR count). The highest BCUT2D eigenvalue weighted by Gasteiger charge is 2.18. The fourth-order valence-corrected chi connectivity index (χ4v) is 4.06. The van der Waals surface area contributed by atoms with E-state index in [1.54, 1.807) is 18.2 Å². The summed E-state index contributed by atoms with van der Waals surface area (Å²) in [6, 6.07) is 16.8. The number of H-pyrrole nitrogens is 1. The zero-order valence-corrected chi connectivity index (χ0v) is 21.4. The molecular formula is C27H31FN8O. The molecule has 0 saturated carbocycles. The standard InChI is InChI=1S/C27H31FN8O/c1-17(2)15-36(16-18(3)4)25-14-19(29-27(37)31-23-12-8-7-11-22(23)28)13-24(30-25)20-9-5-6-10-21(20)26-32-34-35-33-26/h5-14,17-18H,15-16H2,1-4H3,(H2,29,30,31,37)(H,32,33,34,35). The smallest absolute Gasteiger partial charge is 0.323 e. The Morgan fingerprint density at radius 2 is 1.62 bits per heavy atom. The number of para-hydroxylation sites is 1. The first-order valence-corrected chi connectivity index (χ1v) is 12.2. The van der Waals surface area contributed by atoms with Crippen molar-refractivity contribution in [3.8, 4) is 22.6 Å². The molecule has 0 saturated heterocycles. The second-order valence-corrected chi connectivity index (χ2v) is 9.65. The molecule has 2 amide bonds. The molecule has 0 aliphatic rings. The molecule has 0 bridgehead atoms. The summed E-state index contributed by atoms with van der Waals surface area (Å²) in [6.07, 6.45) is 0. The number of urea groups is 1. The van der Waals surface area contributed by atoms with E-state index in [0.717, 1.165) is 30.0 Å². The Morgan fingerprint density at radius 1 is 0.946 bits per heavy atom. The van der Waals surface area contributed by atoms with Gasteiger partial charge in [-0.2, -0.15) is 0 Å². The lowest BCUT2D eigenvalue weighted by Gasteiger charge is -2.28. The SMILES string of the molecule is CC(C)CN(CC(C)C)c1cc(NC(=O)Nc2ccccc2F)cc(-c2ccccc2-c2nnn[nH]2)n1. The van der Waals surface area contributed by atoms with E-state index in [0.29, 0.717) is 29.0 Å². The Morgan fingerprint density at radius 3 is 2.27 bits per heavy atom. The van der Waals surface area contributed by atoms with Gasteiger partial charge in [0.05, 0.1) is 11.4 Å². The normalized spacial score (nSPS) is 11.1. The first kappa shape index (κ1) is 25.7. The number of nitrogens with zero attached hydrogens (tertiary/aromatic N) is 5. The van der Waals surface area contributed by atoms with Gasteiger partial charge in [0, 0.05) is 36.0 Å². The molecule has 2 aromatic carbocycles. The monoisotopic (exact) mass is 502 g/mol. The molecule has 3 N–H and O–H groups in total. The number of carbonyl (C=O) groups is 1. The second kappa shape index (κ2) is 11.6. The molecule has 0 unspecified atom stereocenters. The summed E-state index contributed by atoms with van der Waals surface area (Å²) >= 11 is 0. The number of aromatic nitrogens is 5. The van der Waals surface area contributed by atoms with Crippen molar-refractivity contribution in [2.24, 2.45) is 11.8 Å². The maximum Gasteiger partial charge on any atom is 0.323 e. The van der Waals surface area contributed by atoms with Crippen molar-refractivity contribution in [3.05, 3.63) is 66.5 Å². The van der Waals surface area contributed by atoms with Crippen LogP contribution in [0.4, 0.5) is 26.4 Å². The Kier molecular flexibility index (Phi) is 8.07. The number of tetrazole rings is 1. The van der Waals surface area contributed by atoms with E-state index in [9.17, 15) is 9.18 Å². The van der Waals surface area contributed by atoms with E-state index in [1.807, 2.05) is 30.3 Å². The molecule has 37 heavy (non-hydrogen) atoms. The first-order chi connectivity index (χ1) is 17.8. The summed E-state index contributed by atoms with van der Waals surface area (Å²) in [5, 5.41) is 19.7. The molecular weight excluding hydrogens is 471 g/mol. The summed E-state index contributed by atoms with van der Waals surface area (Å²) in [5.41, 5.74) is 2.84. The molecule has 192 valence electrons. The minimum Gasteiger partial charge on any atom is -0.356 e. The van der Waals surface area contributed by atoms with Crippen LogP contribution < -0.4 is 15.5 Å². The predicted octanol–water partition coefficient (Wildman–Crippen LogP) is 5.83. The van der Waals surface area contributed by atoms with E-state index >= 15 is 0 Å². The van der Waals surface area contributed by atoms with Crippen molar-refractivity contribution in [1.82, 2.24) is 25.6 Å². The van der Waals surface area contributed by atoms with Crippen molar-refractivity contribution in [1.29, 1.82) is 0 Å². The van der Waals surface area contributed by atoms with Crippen molar-refractivity contribution >= 4 is 23.2 Å². The van der Waals surface area contributed by atoms with Crippen LogP contribution in [0, 0.1) is 17.7 Å². The van der Waals surface area contributed by atoms with Gasteiger partial charge in [0.2, 0.25) is 0 Å². The van der Waals surface area contributed by atoms with Crippen molar-refractivity contribution in [2.45, 2.75) is 27.7 Å². The van der Waals surface area contributed by atoms with Gasteiger partial charge in [-0.15, -0.1) is 5.10 Å². The number of carbonyl (C=O) groups excluding carboxylic acids is 1. The quantitative estimate of drug-likeness (QED) is 0.265. The number of pyridine rings is 1. The largest absolute Gasteiger partial charge is 0.356 e. The van der Waals surface area contributed by atoms with Crippen LogP contribution in [0.3, 0.4) is 0 Å². The van der Waals surface area contributed by atoms with Gasteiger partial charge in [0.15, 0.2) is 5.82 Å². The van der Waals surface area contributed by atoms with Crippen molar-refractivity contribution in [2.75, 3.05) is 28.6 Å². The van der Waals surface area contributed by atoms with Gasteiger partial charge in [0.25, 0.3) is 0 Å². The van der Waals surface area contributed by atoms with Crippen LogP contribution in [-0.4, -0.2) is 44.7 Å². The molecule has 10 heteroatoms. The molecule has 0 fully saturated rings. The lowest BCUT2D eigenvalue weighted by molar-refractivity contribution is 0.262. The van der Waals surface area contributed by atoms with Gasteiger partial charge in [0.1, 0.15) is 11.6 Å². The van der Waals surface area contributed by atoms with E-state index < -0.39 is 11.8 Å². The molecule has 0 atom stereocenters. The molecule has 0 radical (unpaired) electrons. The fraction of sp³-hybridized carbons (Fsp3) is 0.296. The maximum absolute atomic E-state index is 14.1. The molecule has 0 aliphatic carbocycles. The van der Waals surface area contributed by atoms with Crippen LogP contribution in [0.15, 0.2) is 60.7 Å². The molecule has 4 aromatic rings. The number of nitrogens with one attached hydrogen (secondary N) is 3. The molecule has 2 aromatic heterocycles. The highest BCUT2D eigenvalue weighted by atomic mass is 19.1. The summed E-state index contributed by atoms with van der Waals surface area (Å²) in [4.78, 5) is 20.0. The van der Waals surface area contributed by atoms with Crippen LogP contribution in [0.25, 0.3) is 22.6 Å². The summed E-state index contributed by atoms with van der Waals surface area (Å²) in [5.74, 6) is 1.53. The molecule has 2 heterocycles. The Bertz CT molecular complexity index is 1330. The summed E-state index contributed by atoms with van der Waals surface area (Å²) in [7, 11) is 0. The topological polar surface area (TPSA) is 112 Å². The summed E-state index contributed by atoms with van der Waals surface area (Å²) < 4.78 is 14.1. The molecule has 0 aliphatic heterocycles. The Balaban J connectivity index is 1.76. The third-order valence-electron chi connectivity index (χ3n) is 5.49. The molecule has 0 spiro atoms. The van der Waals surface area contributed by atoms with Crippen LogP contribution in [0.5, 0.6) is 0 Å². The van der Waals surface area contributed by atoms with Gasteiger partial charge < -0.3 is 15.5 Å². The van der Waals surface area contributed by atoms with Crippen LogP contribution >= 0.6 is 0 Å². The zero-order chi connectivity index (χ0) is 26.4. The van der Waals surface area contributed by atoms with Gasteiger partial charge in [-0.05, 0) is 40.5 Å². The van der Waals surface area contributed by atoms with E-state index in [1.165, 1.54) is 12.1 Å².